The number of carbonyl (C=O) groups excluding carboxylic acids is 1. The second-order valence-electron chi connectivity index (χ2n) is 5.75. The Morgan fingerprint density at radius 3 is 3.04 bits per heavy atom. The van der Waals surface area contributed by atoms with Crippen molar-refractivity contribution in [3.05, 3.63) is 88.3 Å². The van der Waals surface area contributed by atoms with Gasteiger partial charge in [-0.3, -0.25) is 4.98 Å². The van der Waals surface area contributed by atoms with E-state index in [2.05, 4.69) is 20.0 Å². The van der Waals surface area contributed by atoms with Gasteiger partial charge >= 0.3 is 5.97 Å². The molecule has 0 radical (unpaired) electrons. The summed E-state index contributed by atoms with van der Waals surface area (Å²) in [6.07, 6.45) is 14.7. The number of carbonyl (C=O) groups is 1. The van der Waals surface area contributed by atoms with Crippen molar-refractivity contribution in [2.24, 2.45) is 10.1 Å². The number of aliphatic imine (C=N–C) groups is 1. The summed E-state index contributed by atoms with van der Waals surface area (Å²) in [5, 5.41) is 3.77. The summed E-state index contributed by atoms with van der Waals surface area (Å²) in [7, 11) is 0. The molecule has 1 atom stereocenters. The number of aromatic nitrogens is 1. The Morgan fingerprint density at radius 2 is 2.36 bits per heavy atom. The highest BCUT2D eigenvalue weighted by molar-refractivity contribution is 6.11. The Kier molecular flexibility index (Phi) is 4.59. The van der Waals surface area contributed by atoms with Crippen molar-refractivity contribution in [1.29, 1.82) is 0 Å². The van der Waals surface area contributed by atoms with E-state index in [1.54, 1.807) is 36.7 Å². The topological polar surface area (TPSA) is 100 Å². The second-order valence-corrected chi connectivity index (χ2v) is 5.75. The largest absolute Gasteiger partial charge is 0.402 e. The molecule has 0 N–H and O–H groups in total. The van der Waals surface area contributed by atoms with Crippen LogP contribution in [0.25, 0.3) is 10.4 Å². The predicted octanol–water partition coefficient (Wildman–Crippen LogP) is 3.78. The summed E-state index contributed by atoms with van der Waals surface area (Å²) in [6.45, 7) is 1.87. The number of pyridine rings is 1. The Balaban J connectivity index is 1.70. The third-order valence-electron chi connectivity index (χ3n) is 3.73. The van der Waals surface area contributed by atoms with Crippen LogP contribution in [0.1, 0.15) is 18.9 Å². The summed E-state index contributed by atoms with van der Waals surface area (Å²) < 4.78 is 5.15. The van der Waals surface area contributed by atoms with Gasteiger partial charge in [0.05, 0.1) is 11.1 Å². The van der Waals surface area contributed by atoms with E-state index in [9.17, 15) is 4.79 Å². The molecule has 0 aromatic carbocycles. The number of hydrogen-bond donors (Lipinski definition) is 0. The lowest BCUT2D eigenvalue weighted by molar-refractivity contribution is -0.130. The number of azide groups is 1. The van der Waals surface area contributed by atoms with Crippen molar-refractivity contribution >= 4 is 11.9 Å². The van der Waals surface area contributed by atoms with Gasteiger partial charge in [-0.05, 0) is 35.7 Å². The molecule has 2 heterocycles. The number of ether oxygens (including phenoxy) is 1. The molecule has 2 aliphatic rings. The molecule has 0 spiro atoms. The molecule has 1 aliphatic heterocycles. The SMILES string of the molecule is CC1(N=[N+]=[N-])C=CC(C=CC=C2N=C(c3cccnc3)OC2=O)=CC1. The Morgan fingerprint density at radius 1 is 1.48 bits per heavy atom. The van der Waals surface area contributed by atoms with E-state index in [0.29, 0.717) is 12.0 Å². The fourth-order valence-corrected chi connectivity index (χ4v) is 2.32. The summed E-state index contributed by atoms with van der Waals surface area (Å²) in [6, 6.07) is 3.52. The van der Waals surface area contributed by atoms with Crippen molar-refractivity contribution in [3.63, 3.8) is 0 Å². The lowest BCUT2D eigenvalue weighted by Gasteiger charge is -2.20. The third kappa shape index (κ3) is 3.91. The van der Waals surface area contributed by atoms with Gasteiger partial charge in [-0.25, -0.2) is 9.79 Å². The Labute approximate surface area is 144 Å². The number of allylic oxidation sites excluding steroid dienone is 5. The third-order valence-corrected chi connectivity index (χ3v) is 3.73. The first kappa shape index (κ1) is 16.4. The maximum absolute atomic E-state index is 11.9. The van der Waals surface area contributed by atoms with Gasteiger partial charge < -0.3 is 4.74 Å². The highest BCUT2D eigenvalue weighted by Crippen LogP contribution is 2.25. The molecule has 25 heavy (non-hydrogen) atoms. The van der Waals surface area contributed by atoms with Gasteiger partial charge in [0.2, 0.25) is 5.90 Å². The highest BCUT2D eigenvalue weighted by Gasteiger charge is 2.23. The van der Waals surface area contributed by atoms with Gasteiger partial charge in [-0.2, -0.15) is 0 Å². The van der Waals surface area contributed by atoms with Crippen LogP contribution in [0.5, 0.6) is 0 Å². The van der Waals surface area contributed by atoms with Crippen LogP contribution in [-0.4, -0.2) is 22.4 Å². The minimum absolute atomic E-state index is 0.231. The zero-order valence-corrected chi connectivity index (χ0v) is 13.5. The predicted molar refractivity (Wildman–Crippen MR) is 93.5 cm³/mol. The zero-order valence-electron chi connectivity index (χ0n) is 13.5. The van der Waals surface area contributed by atoms with Gasteiger partial charge in [0, 0.05) is 17.3 Å². The lowest BCUT2D eigenvalue weighted by atomic mass is 9.91. The molecule has 7 heteroatoms. The molecule has 0 amide bonds. The molecule has 3 rings (SSSR count). The number of hydrogen-bond acceptors (Lipinski definition) is 5. The summed E-state index contributed by atoms with van der Waals surface area (Å²) in [5.41, 5.74) is 9.88. The van der Waals surface area contributed by atoms with E-state index in [1.165, 1.54) is 0 Å². The summed E-state index contributed by atoms with van der Waals surface area (Å²) in [5.74, 6) is -0.243. The normalized spacial score (nSPS) is 24.0. The van der Waals surface area contributed by atoms with Crippen molar-refractivity contribution in [1.82, 2.24) is 4.98 Å². The van der Waals surface area contributed by atoms with Crippen LogP contribution in [0.15, 0.2) is 82.4 Å². The summed E-state index contributed by atoms with van der Waals surface area (Å²) in [4.78, 5) is 22.9. The van der Waals surface area contributed by atoms with Crippen LogP contribution in [0.2, 0.25) is 0 Å². The van der Waals surface area contributed by atoms with Crippen LogP contribution in [0.3, 0.4) is 0 Å². The molecule has 7 nitrogen and oxygen atoms in total. The highest BCUT2D eigenvalue weighted by atomic mass is 16.6. The molecule has 0 fully saturated rings. The zero-order chi connectivity index (χ0) is 17.7. The van der Waals surface area contributed by atoms with E-state index in [0.717, 1.165) is 5.57 Å². The maximum Gasteiger partial charge on any atom is 0.363 e. The van der Waals surface area contributed by atoms with E-state index < -0.39 is 11.5 Å². The van der Waals surface area contributed by atoms with E-state index in [-0.39, 0.29) is 11.6 Å². The minimum Gasteiger partial charge on any atom is -0.402 e. The van der Waals surface area contributed by atoms with Gasteiger partial charge in [0.25, 0.3) is 0 Å². The molecule has 0 bridgehead atoms. The van der Waals surface area contributed by atoms with Gasteiger partial charge in [-0.15, -0.1) is 0 Å². The number of rotatable bonds is 4. The smallest absolute Gasteiger partial charge is 0.363 e. The lowest BCUT2D eigenvalue weighted by Crippen LogP contribution is -2.18. The Bertz CT molecular complexity index is 889. The molecule has 1 aromatic heterocycles. The second kappa shape index (κ2) is 6.98. The molecule has 1 aliphatic carbocycles. The molecular weight excluding hydrogens is 318 g/mol. The van der Waals surface area contributed by atoms with Crippen LogP contribution >= 0.6 is 0 Å². The molecule has 1 unspecified atom stereocenters. The maximum atomic E-state index is 11.9. The average molecular weight is 333 g/mol. The molecule has 0 saturated carbocycles. The van der Waals surface area contributed by atoms with Crippen LogP contribution in [0.4, 0.5) is 0 Å². The van der Waals surface area contributed by atoms with Crippen LogP contribution in [-0.2, 0) is 9.53 Å². The molecule has 124 valence electrons. The van der Waals surface area contributed by atoms with Gasteiger partial charge in [-0.1, -0.05) is 42.4 Å². The molecule has 0 saturated heterocycles. The summed E-state index contributed by atoms with van der Waals surface area (Å²) >= 11 is 0. The molecular formula is C18H15N5O2. The number of nitrogens with zero attached hydrogens (tertiary/aromatic N) is 5. The number of esters is 1. The van der Waals surface area contributed by atoms with E-state index >= 15 is 0 Å². The average Bonchev–Trinajstić information content (AvgIpc) is 2.99. The van der Waals surface area contributed by atoms with Gasteiger partial charge in [0.1, 0.15) is 0 Å². The van der Waals surface area contributed by atoms with E-state index in [1.807, 2.05) is 31.2 Å². The number of cyclic esters (lactones) is 1. The van der Waals surface area contributed by atoms with Crippen LogP contribution < -0.4 is 0 Å². The first-order valence-electron chi connectivity index (χ1n) is 7.65. The van der Waals surface area contributed by atoms with Crippen molar-refractivity contribution in [3.8, 4) is 0 Å². The van der Waals surface area contributed by atoms with Crippen molar-refractivity contribution in [2.45, 2.75) is 18.9 Å². The first-order valence-corrected chi connectivity index (χ1v) is 7.65. The van der Waals surface area contributed by atoms with Gasteiger partial charge in [0.15, 0.2) is 5.70 Å². The minimum atomic E-state index is -0.525. The Hall–Kier alpha value is -3.44. The fourth-order valence-electron chi connectivity index (χ4n) is 2.32. The van der Waals surface area contributed by atoms with Crippen molar-refractivity contribution in [2.75, 3.05) is 0 Å². The monoisotopic (exact) mass is 333 g/mol. The fraction of sp³-hybridized carbons (Fsp3) is 0.167. The first-order chi connectivity index (χ1) is 12.1. The standard InChI is InChI=1S/C18H15N5O2/c1-18(22-23-19)9-7-13(8-10-18)4-2-6-15-17(24)25-16(21-15)14-5-3-11-20-12-14/h2-9,11-12H,10H2,1H3. The molecule has 1 aromatic rings. The van der Waals surface area contributed by atoms with Crippen LogP contribution in [0, 0.1) is 0 Å². The quantitative estimate of drug-likeness (QED) is 0.275. The van der Waals surface area contributed by atoms with Crippen molar-refractivity contribution < 1.29 is 9.53 Å². The van der Waals surface area contributed by atoms with E-state index in [4.69, 9.17) is 10.3 Å².